The monoisotopic (exact) mass is 366 g/mol. The Morgan fingerprint density at radius 3 is 2.36 bits per heavy atom. The molecule has 1 fully saturated rings. The Kier molecular flexibility index (Phi) is 5.97. The van der Waals surface area contributed by atoms with Crippen LogP contribution < -0.4 is 10.6 Å². The average molecular weight is 367 g/mol. The highest BCUT2D eigenvalue weighted by Crippen LogP contribution is 2.16. The van der Waals surface area contributed by atoms with Crippen LogP contribution >= 0.6 is 11.6 Å². The fourth-order valence-corrected chi connectivity index (χ4v) is 2.67. The van der Waals surface area contributed by atoms with Gasteiger partial charge in [0.15, 0.2) is 0 Å². The van der Waals surface area contributed by atoms with Gasteiger partial charge in [-0.1, -0.05) is 23.7 Å². The van der Waals surface area contributed by atoms with E-state index < -0.39 is 18.0 Å². The maximum Gasteiger partial charge on any atom is 0.326 e. The summed E-state index contributed by atoms with van der Waals surface area (Å²) in [6.07, 6.45) is -0.121. The zero-order chi connectivity index (χ0) is 18.6. The van der Waals surface area contributed by atoms with E-state index >= 15 is 0 Å². The lowest BCUT2D eigenvalue weighted by atomic mass is 10.2. The van der Waals surface area contributed by atoms with Crippen LogP contribution in [-0.2, 0) is 9.59 Å². The summed E-state index contributed by atoms with van der Waals surface area (Å²) < 4.78 is 0. The fourth-order valence-electron chi connectivity index (χ4n) is 2.44. The molecule has 0 radical (unpaired) electrons. The molecule has 0 bridgehead atoms. The first-order valence-electron chi connectivity index (χ1n) is 7.66. The Labute approximate surface area is 150 Å². The molecular formula is C16H19ClN4O4. The van der Waals surface area contributed by atoms with Crippen LogP contribution in [0.2, 0.25) is 5.02 Å². The van der Waals surface area contributed by atoms with Gasteiger partial charge in [0.2, 0.25) is 5.91 Å². The molecule has 1 aromatic carbocycles. The van der Waals surface area contributed by atoms with Crippen molar-refractivity contribution >= 4 is 35.4 Å². The van der Waals surface area contributed by atoms with Gasteiger partial charge in [-0.15, -0.1) is 0 Å². The summed E-state index contributed by atoms with van der Waals surface area (Å²) in [4.78, 5) is 49.6. The molecule has 0 unspecified atom stereocenters. The second-order valence-corrected chi connectivity index (χ2v) is 6.00. The summed E-state index contributed by atoms with van der Waals surface area (Å²) in [5.74, 6) is -1.12. The van der Waals surface area contributed by atoms with E-state index in [1.165, 1.54) is 19.0 Å². The first-order valence-corrected chi connectivity index (χ1v) is 8.04. The minimum atomic E-state index is -0.796. The first kappa shape index (κ1) is 18.7. The van der Waals surface area contributed by atoms with Crippen LogP contribution in [0.15, 0.2) is 24.3 Å². The second kappa shape index (κ2) is 7.98. The number of rotatable bonds is 6. The molecule has 5 amide bonds. The number of carbonyl (C=O) groups excluding carboxylic acids is 4. The Morgan fingerprint density at radius 1 is 1.12 bits per heavy atom. The van der Waals surface area contributed by atoms with Crippen molar-refractivity contribution in [2.75, 3.05) is 27.2 Å². The second-order valence-electron chi connectivity index (χ2n) is 5.60. The number of halogens is 1. The highest BCUT2D eigenvalue weighted by Gasteiger charge is 2.41. The first-order chi connectivity index (χ1) is 11.8. The van der Waals surface area contributed by atoms with Crippen LogP contribution in [0.5, 0.6) is 0 Å². The highest BCUT2D eigenvalue weighted by atomic mass is 35.5. The van der Waals surface area contributed by atoms with Crippen molar-refractivity contribution in [1.29, 1.82) is 0 Å². The van der Waals surface area contributed by atoms with E-state index in [4.69, 9.17) is 11.6 Å². The molecule has 2 rings (SSSR count). The Bertz CT molecular complexity index is 709. The summed E-state index contributed by atoms with van der Waals surface area (Å²) in [6.45, 7) is 0.409. The zero-order valence-electron chi connectivity index (χ0n) is 13.9. The summed E-state index contributed by atoms with van der Waals surface area (Å²) in [5, 5.41) is 5.60. The van der Waals surface area contributed by atoms with Gasteiger partial charge in [-0.2, -0.15) is 0 Å². The fraction of sp³-hybridized carbons (Fsp3) is 0.375. The van der Waals surface area contributed by atoms with Crippen LogP contribution in [0, 0.1) is 0 Å². The van der Waals surface area contributed by atoms with Gasteiger partial charge in [-0.05, 0) is 12.1 Å². The Morgan fingerprint density at radius 2 is 1.76 bits per heavy atom. The summed E-state index contributed by atoms with van der Waals surface area (Å²) in [6, 6.07) is 5.42. The number of amides is 5. The smallest absolute Gasteiger partial charge is 0.326 e. The number of hydrogen-bond acceptors (Lipinski definition) is 4. The minimum absolute atomic E-state index is 0.121. The number of nitrogens with zero attached hydrogens (tertiary/aromatic N) is 2. The normalized spacial score (nSPS) is 17.0. The van der Waals surface area contributed by atoms with E-state index in [0.717, 1.165) is 4.90 Å². The number of carbonyl (C=O) groups is 4. The standard InChI is InChI=1S/C16H19ClN4O4/c1-20-12(15(24)21(2)16(20)25)9-13(22)18-7-8-19-14(23)10-5-3-4-6-11(10)17/h3-6,12H,7-9H2,1-2H3,(H,18,22)(H,19,23)/t12-/m0/s1. The van der Waals surface area contributed by atoms with Gasteiger partial charge in [0, 0.05) is 27.2 Å². The van der Waals surface area contributed by atoms with Crippen LogP contribution in [0.25, 0.3) is 0 Å². The number of urea groups is 1. The highest BCUT2D eigenvalue weighted by molar-refractivity contribution is 6.33. The van der Waals surface area contributed by atoms with Gasteiger partial charge in [0.25, 0.3) is 11.8 Å². The van der Waals surface area contributed by atoms with Gasteiger partial charge in [-0.3, -0.25) is 19.3 Å². The van der Waals surface area contributed by atoms with Crippen LogP contribution in [-0.4, -0.2) is 66.8 Å². The largest absolute Gasteiger partial charge is 0.354 e. The Hall–Kier alpha value is -2.61. The molecule has 0 aromatic heterocycles. The van der Waals surface area contributed by atoms with E-state index in [2.05, 4.69) is 10.6 Å². The molecule has 0 aliphatic carbocycles. The third-order valence-electron chi connectivity index (χ3n) is 3.90. The molecule has 1 atom stereocenters. The Balaban J connectivity index is 1.74. The van der Waals surface area contributed by atoms with Crippen LogP contribution in [0.1, 0.15) is 16.8 Å². The van der Waals surface area contributed by atoms with E-state index in [1.807, 2.05) is 0 Å². The molecular weight excluding hydrogens is 348 g/mol. The van der Waals surface area contributed by atoms with Crippen LogP contribution in [0.3, 0.4) is 0 Å². The topological polar surface area (TPSA) is 98.8 Å². The molecule has 0 spiro atoms. The zero-order valence-corrected chi connectivity index (χ0v) is 14.7. The maximum absolute atomic E-state index is 11.9. The lowest BCUT2D eigenvalue weighted by molar-refractivity contribution is -0.131. The molecule has 0 saturated carbocycles. The molecule has 8 nitrogen and oxygen atoms in total. The van der Waals surface area contributed by atoms with E-state index in [0.29, 0.717) is 10.6 Å². The lowest BCUT2D eigenvalue weighted by Crippen LogP contribution is -2.40. The quantitative estimate of drug-likeness (QED) is 0.564. The lowest BCUT2D eigenvalue weighted by Gasteiger charge is -2.15. The number of imide groups is 1. The minimum Gasteiger partial charge on any atom is -0.354 e. The average Bonchev–Trinajstić information content (AvgIpc) is 2.77. The van der Waals surface area contributed by atoms with Crippen LogP contribution in [0.4, 0.5) is 4.79 Å². The predicted molar refractivity (Wildman–Crippen MR) is 91.1 cm³/mol. The number of hydrogen-bond donors (Lipinski definition) is 2. The summed E-state index contributed by atoms with van der Waals surface area (Å²) in [5.41, 5.74) is 0.357. The summed E-state index contributed by atoms with van der Waals surface area (Å²) >= 11 is 5.93. The number of nitrogens with one attached hydrogen (secondary N) is 2. The molecule has 1 aliphatic rings. The molecule has 25 heavy (non-hydrogen) atoms. The van der Waals surface area contributed by atoms with Gasteiger partial charge < -0.3 is 15.5 Å². The van der Waals surface area contributed by atoms with Crippen molar-refractivity contribution in [3.63, 3.8) is 0 Å². The molecule has 1 aliphatic heterocycles. The van der Waals surface area contributed by atoms with Crippen molar-refractivity contribution in [2.45, 2.75) is 12.5 Å². The molecule has 9 heteroatoms. The molecule has 134 valence electrons. The third-order valence-corrected chi connectivity index (χ3v) is 4.23. The third kappa shape index (κ3) is 4.27. The van der Waals surface area contributed by atoms with Crippen molar-refractivity contribution in [2.24, 2.45) is 0 Å². The maximum atomic E-state index is 11.9. The number of benzene rings is 1. The molecule has 1 aromatic rings. The molecule has 2 N–H and O–H groups in total. The van der Waals surface area contributed by atoms with Gasteiger partial charge >= 0.3 is 6.03 Å². The van der Waals surface area contributed by atoms with E-state index in [-0.39, 0.29) is 31.3 Å². The molecule has 1 saturated heterocycles. The molecule has 1 heterocycles. The van der Waals surface area contributed by atoms with Crippen molar-refractivity contribution in [3.8, 4) is 0 Å². The van der Waals surface area contributed by atoms with Crippen molar-refractivity contribution in [3.05, 3.63) is 34.9 Å². The SMILES string of the molecule is CN1C(=O)[C@H](CC(=O)NCCNC(=O)c2ccccc2Cl)N(C)C1=O. The van der Waals surface area contributed by atoms with Gasteiger partial charge in [-0.25, -0.2) is 4.79 Å². The summed E-state index contributed by atoms with van der Waals surface area (Å²) in [7, 11) is 2.86. The van der Waals surface area contributed by atoms with Gasteiger partial charge in [0.1, 0.15) is 6.04 Å². The van der Waals surface area contributed by atoms with Crippen molar-refractivity contribution in [1.82, 2.24) is 20.4 Å². The van der Waals surface area contributed by atoms with Crippen molar-refractivity contribution < 1.29 is 19.2 Å². The van der Waals surface area contributed by atoms with E-state index in [1.54, 1.807) is 24.3 Å². The van der Waals surface area contributed by atoms with Gasteiger partial charge in [0.05, 0.1) is 17.0 Å². The predicted octanol–water partition coefficient (Wildman–Crippen LogP) is 0.469. The number of likely N-dealkylation sites (N-methyl/N-ethyl adjacent to an activating group) is 2. The van der Waals surface area contributed by atoms with E-state index in [9.17, 15) is 19.2 Å².